The van der Waals surface area contributed by atoms with E-state index in [2.05, 4.69) is 4.98 Å². The largest absolute Gasteiger partial charge is 0.486 e. The molecule has 0 aliphatic carbocycles. The van der Waals surface area contributed by atoms with Crippen molar-refractivity contribution >= 4 is 17.0 Å². The summed E-state index contributed by atoms with van der Waals surface area (Å²) in [7, 11) is 0. The van der Waals surface area contributed by atoms with Gasteiger partial charge in [-0.15, -0.1) is 0 Å². The smallest absolute Gasteiger partial charge is 0.410 e. The van der Waals surface area contributed by atoms with E-state index >= 15 is 0 Å². The lowest BCUT2D eigenvalue weighted by molar-refractivity contribution is 0.0276. The van der Waals surface area contributed by atoms with Gasteiger partial charge in [0.15, 0.2) is 0 Å². The molecule has 1 aromatic heterocycles. The number of likely N-dealkylation sites (tertiary alicyclic amines) is 1. The molecule has 0 radical (unpaired) electrons. The summed E-state index contributed by atoms with van der Waals surface area (Å²) in [5.41, 5.74) is 0.376. The number of carbonyl (C=O) groups is 1. The van der Waals surface area contributed by atoms with E-state index in [1.807, 2.05) is 51.1 Å². The molecule has 0 saturated carbocycles. The quantitative estimate of drug-likeness (QED) is 0.849. The SMILES string of the molecule is CC(C)(C)OC(=O)N1CC[C@@H](Oc2cccc3cccnc23)C1. The fourth-order valence-corrected chi connectivity index (χ4v) is 2.67. The topological polar surface area (TPSA) is 51.7 Å². The van der Waals surface area contributed by atoms with E-state index in [1.165, 1.54) is 0 Å². The molecule has 23 heavy (non-hydrogen) atoms. The summed E-state index contributed by atoms with van der Waals surface area (Å²) in [5, 5.41) is 1.05. The van der Waals surface area contributed by atoms with Gasteiger partial charge in [0.1, 0.15) is 23.0 Å². The van der Waals surface area contributed by atoms with Crippen molar-refractivity contribution in [2.24, 2.45) is 0 Å². The molecular weight excluding hydrogens is 292 g/mol. The number of amides is 1. The zero-order chi connectivity index (χ0) is 16.4. The van der Waals surface area contributed by atoms with Gasteiger partial charge in [-0.05, 0) is 32.9 Å². The number of hydrogen-bond donors (Lipinski definition) is 0. The molecule has 2 aromatic rings. The fraction of sp³-hybridized carbons (Fsp3) is 0.444. The first-order chi connectivity index (χ1) is 10.9. The Morgan fingerprint density at radius 1 is 1.26 bits per heavy atom. The average molecular weight is 314 g/mol. The maximum absolute atomic E-state index is 12.1. The van der Waals surface area contributed by atoms with Gasteiger partial charge in [0.05, 0.1) is 6.54 Å². The van der Waals surface area contributed by atoms with Gasteiger partial charge in [0.2, 0.25) is 0 Å². The summed E-state index contributed by atoms with van der Waals surface area (Å²) >= 11 is 0. The highest BCUT2D eigenvalue weighted by atomic mass is 16.6. The zero-order valence-electron chi connectivity index (χ0n) is 13.8. The van der Waals surface area contributed by atoms with Crippen molar-refractivity contribution in [3.8, 4) is 5.75 Å². The molecule has 5 nitrogen and oxygen atoms in total. The molecule has 1 aliphatic rings. The predicted octanol–water partition coefficient (Wildman–Crippen LogP) is 3.62. The lowest BCUT2D eigenvalue weighted by atomic mass is 10.2. The molecule has 0 N–H and O–H groups in total. The van der Waals surface area contributed by atoms with Crippen molar-refractivity contribution in [3.63, 3.8) is 0 Å². The van der Waals surface area contributed by atoms with Gasteiger partial charge in [0, 0.05) is 24.5 Å². The summed E-state index contributed by atoms with van der Waals surface area (Å²) in [4.78, 5) is 18.2. The Morgan fingerprint density at radius 3 is 2.83 bits per heavy atom. The van der Waals surface area contributed by atoms with E-state index in [4.69, 9.17) is 9.47 Å². The lowest BCUT2D eigenvalue weighted by Gasteiger charge is -2.24. The van der Waals surface area contributed by atoms with E-state index in [9.17, 15) is 4.79 Å². The van der Waals surface area contributed by atoms with Gasteiger partial charge < -0.3 is 14.4 Å². The van der Waals surface area contributed by atoms with Crippen molar-refractivity contribution in [1.29, 1.82) is 0 Å². The van der Waals surface area contributed by atoms with Crippen LogP contribution in [0.25, 0.3) is 10.9 Å². The second-order valence-electron chi connectivity index (χ2n) is 6.79. The summed E-state index contributed by atoms with van der Waals surface area (Å²) in [6, 6.07) is 9.81. The number of ether oxygens (including phenoxy) is 2. The molecule has 0 bridgehead atoms. The molecular formula is C18H22N2O3. The molecule has 1 aromatic carbocycles. The van der Waals surface area contributed by atoms with Crippen LogP contribution in [0.5, 0.6) is 5.75 Å². The van der Waals surface area contributed by atoms with Crippen LogP contribution in [0, 0.1) is 0 Å². The summed E-state index contributed by atoms with van der Waals surface area (Å²) in [6.07, 6.45) is 2.24. The van der Waals surface area contributed by atoms with E-state index < -0.39 is 5.60 Å². The van der Waals surface area contributed by atoms with Crippen LogP contribution in [-0.4, -0.2) is 40.8 Å². The second kappa shape index (κ2) is 6.07. The molecule has 122 valence electrons. The Labute approximate surface area is 136 Å². The van der Waals surface area contributed by atoms with Crippen molar-refractivity contribution in [1.82, 2.24) is 9.88 Å². The summed E-state index contributed by atoms with van der Waals surface area (Å²) in [6.45, 7) is 6.81. The Morgan fingerprint density at radius 2 is 2.04 bits per heavy atom. The first-order valence-corrected chi connectivity index (χ1v) is 7.91. The normalized spacial score (nSPS) is 18.2. The Bertz CT molecular complexity index is 703. The molecule has 2 heterocycles. The monoisotopic (exact) mass is 314 g/mol. The van der Waals surface area contributed by atoms with Crippen LogP contribution in [0.3, 0.4) is 0 Å². The van der Waals surface area contributed by atoms with Crippen LogP contribution in [-0.2, 0) is 4.74 Å². The zero-order valence-corrected chi connectivity index (χ0v) is 13.8. The third-order valence-electron chi connectivity index (χ3n) is 3.69. The van der Waals surface area contributed by atoms with E-state index in [0.29, 0.717) is 13.1 Å². The van der Waals surface area contributed by atoms with Gasteiger partial charge in [-0.3, -0.25) is 4.98 Å². The molecule has 1 amide bonds. The van der Waals surface area contributed by atoms with Crippen LogP contribution in [0.1, 0.15) is 27.2 Å². The number of nitrogens with zero attached hydrogens (tertiary/aromatic N) is 2. The number of para-hydroxylation sites is 1. The number of rotatable bonds is 2. The van der Waals surface area contributed by atoms with Crippen molar-refractivity contribution in [2.45, 2.75) is 38.9 Å². The molecule has 1 atom stereocenters. The average Bonchev–Trinajstić information content (AvgIpc) is 2.95. The van der Waals surface area contributed by atoms with Crippen molar-refractivity contribution in [2.75, 3.05) is 13.1 Å². The van der Waals surface area contributed by atoms with E-state index in [1.54, 1.807) is 11.1 Å². The highest BCUT2D eigenvalue weighted by Gasteiger charge is 2.31. The number of hydrogen-bond acceptors (Lipinski definition) is 4. The minimum absolute atomic E-state index is 0.0323. The van der Waals surface area contributed by atoms with Crippen LogP contribution in [0.2, 0.25) is 0 Å². The molecule has 0 unspecified atom stereocenters. The lowest BCUT2D eigenvalue weighted by Crippen LogP contribution is -2.36. The maximum atomic E-state index is 12.1. The van der Waals surface area contributed by atoms with Crippen LogP contribution in [0.15, 0.2) is 36.5 Å². The molecule has 5 heteroatoms. The Hall–Kier alpha value is -2.30. The minimum atomic E-state index is -0.477. The molecule has 1 fully saturated rings. The van der Waals surface area contributed by atoms with Crippen molar-refractivity contribution < 1.29 is 14.3 Å². The van der Waals surface area contributed by atoms with Gasteiger partial charge >= 0.3 is 6.09 Å². The molecule has 0 spiro atoms. The van der Waals surface area contributed by atoms with Gasteiger partial charge in [-0.2, -0.15) is 0 Å². The number of aromatic nitrogens is 1. The minimum Gasteiger partial charge on any atom is -0.486 e. The number of pyridine rings is 1. The van der Waals surface area contributed by atoms with E-state index in [-0.39, 0.29) is 12.2 Å². The Balaban J connectivity index is 1.67. The maximum Gasteiger partial charge on any atom is 0.410 e. The summed E-state index contributed by atoms with van der Waals surface area (Å²) in [5.74, 6) is 0.763. The third-order valence-corrected chi connectivity index (χ3v) is 3.69. The van der Waals surface area contributed by atoms with Gasteiger partial charge in [-0.1, -0.05) is 18.2 Å². The molecule has 1 aliphatic heterocycles. The van der Waals surface area contributed by atoms with Crippen molar-refractivity contribution in [3.05, 3.63) is 36.5 Å². The first-order valence-electron chi connectivity index (χ1n) is 7.91. The van der Waals surface area contributed by atoms with Gasteiger partial charge in [-0.25, -0.2) is 4.79 Å². The van der Waals surface area contributed by atoms with Crippen LogP contribution < -0.4 is 4.74 Å². The number of fused-ring (bicyclic) bond motifs is 1. The fourth-order valence-electron chi connectivity index (χ4n) is 2.67. The first kappa shape index (κ1) is 15.6. The predicted molar refractivity (Wildman–Crippen MR) is 88.6 cm³/mol. The number of benzene rings is 1. The second-order valence-corrected chi connectivity index (χ2v) is 6.79. The van der Waals surface area contributed by atoms with E-state index in [0.717, 1.165) is 23.1 Å². The van der Waals surface area contributed by atoms with Crippen LogP contribution >= 0.6 is 0 Å². The standard InChI is InChI=1S/C18H22N2O3/c1-18(2,3)23-17(21)20-11-9-14(12-20)22-15-8-4-6-13-7-5-10-19-16(13)15/h4-8,10,14H,9,11-12H2,1-3H3/t14-/m1/s1. The summed E-state index contributed by atoms with van der Waals surface area (Å²) < 4.78 is 11.5. The highest BCUT2D eigenvalue weighted by Crippen LogP contribution is 2.26. The van der Waals surface area contributed by atoms with Crippen LogP contribution in [0.4, 0.5) is 4.79 Å². The van der Waals surface area contributed by atoms with Gasteiger partial charge in [0.25, 0.3) is 0 Å². The number of carbonyl (C=O) groups excluding carboxylic acids is 1. The third kappa shape index (κ3) is 3.73. The molecule has 3 rings (SSSR count). The Kier molecular flexibility index (Phi) is 4.11. The molecule has 1 saturated heterocycles. The highest BCUT2D eigenvalue weighted by molar-refractivity contribution is 5.84.